The van der Waals surface area contributed by atoms with Crippen LogP contribution in [0.2, 0.25) is 0 Å². The van der Waals surface area contributed by atoms with Gasteiger partial charge in [0, 0.05) is 51.2 Å². The molecule has 0 amide bonds. The van der Waals surface area contributed by atoms with Gasteiger partial charge in [-0.2, -0.15) is 10.2 Å². The molecule has 0 aromatic carbocycles. The molecule has 0 atom stereocenters. The number of methoxy groups -OCH3 is 1. The molecule has 0 saturated heterocycles. The highest BCUT2D eigenvalue weighted by molar-refractivity contribution is 5.16. The molecule has 6 nitrogen and oxygen atoms in total. The molecule has 0 aliphatic carbocycles. The summed E-state index contributed by atoms with van der Waals surface area (Å²) >= 11 is 0. The minimum atomic E-state index is 0.730. The maximum atomic E-state index is 5.01. The third-order valence-corrected chi connectivity index (χ3v) is 3.37. The summed E-state index contributed by atoms with van der Waals surface area (Å²) in [5, 5.41) is 12.0. The first kappa shape index (κ1) is 14.7. The molecule has 0 bridgehead atoms. The number of hydrogen-bond acceptors (Lipinski definition) is 4. The average Bonchev–Trinajstić information content (AvgIpc) is 3.00. The lowest BCUT2D eigenvalue weighted by atomic mass is 10.2. The van der Waals surface area contributed by atoms with E-state index >= 15 is 0 Å². The van der Waals surface area contributed by atoms with Crippen molar-refractivity contribution in [3.05, 3.63) is 35.4 Å². The molecule has 2 aromatic rings. The first-order chi connectivity index (χ1) is 9.70. The Labute approximate surface area is 119 Å². The van der Waals surface area contributed by atoms with Crippen molar-refractivity contribution in [1.29, 1.82) is 0 Å². The summed E-state index contributed by atoms with van der Waals surface area (Å²) in [6, 6.07) is 0. The van der Waals surface area contributed by atoms with Crippen molar-refractivity contribution in [2.45, 2.75) is 26.4 Å². The third kappa shape index (κ3) is 3.91. The van der Waals surface area contributed by atoms with Crippen LogP contribution in [0.1, 0.15) is 16.8 Å². The van der Waals surface area contributed by atoms with Crippen molar-refractivity contribution in [3.63, 3.8) is 0 Å². The van der Waals surface area contributed by atoms with Crippen LogP contribution in [0.4, 0.5) is 0 Å². The lowest BCUT2D eigenvalue weighted by Crippen LogP contribution is -2.19. The fourth-order valence-electron chi connectivity index (χ4n) is 2.12. The zero-order valence-corrected chi connectivity index (χ0v) is 12.5. The zero-order valence-electron chi connectivity index (χ0n) is 12.5. The van der Waals surface area contributed by atoms with Crippen LogP contribution < -0.4 is 5.32 Å². The van der Waals surface area contributed by atoms with Gasteiger partial charge in [-0.1, -0.05) is 0 Å². The van der Waals surface area contributed by atoms with Crippen molar-refractivity contribution in [3.8, 4) is 0 Å². The molecular formula is C14H23N5O. The molecular weight excluding hydrogens is 254 g/mol. The molecule has 2 heterocycles. The summed E-state index contributed by atoms with van der Waals surface area (Å²) in [6.45, 7) is 5.42. The van der Waals surface area contributed by atoms with Crippen molar-refractivity contribution in [2.75, 3.05) is 20.3 Å². The van der Waals surface area contributed by atoms with Crippen molar-refractivity contribution in [2.24, 2.45) is 7.05 Å². The van der Waals surface area contributed by atoms with E-state index in [1.54, 1.807) is 7.11 Å². The van der Waals surface area contributed by atoms with E-state index in [4.69, 9.17) is 4.74 Å². The van der Waals surface area contributed by atoms with Gasteiger partial charge in [-0.05, 0) is 18.9 Å². The van der Waals surface area contributed by atoms with Crippen molar-refractivity contribution in [1.82, 2.24) is 24.9 Å². The Kier molecular flexibility index (Phi) is 5.31. The van der Waals surface area contributed by atoms with Crippen LogP contribution >= 0.6 is 0 Å². The monoisotopic (exact) mass is 277 g/mol. The van der Waals surface area contributed by atoms with Crippen molar-refractivity contribution < 1.29 is 4.74 Å². The maximum absolute atomic E-state index is 5.01. The van der Waals surface area contributed by atoms with Crippen molar-refractivity contribution >= 4 is 0 Å². The van der Waals surface area contributed by atoms with Crippen LogP contribution in [-0.2, 0) is 31.3 Å². The standard InChI is InChI=1S/C14H23N5O/c1-12-14(9-15-5-7-20-3)10-17-19(12)6-4-13-8-16-18(2)11-13/h8,10-11,15H,4-7,9H2,1-3H3. The van der Waals surface area contributed by atoms with Crippen LogP contribution in [0, 0.1) is 6.92 Å². The molecule has 110 valence electrons. The number of rotatable bonds is 8. The van der Waals surface area contributed by atoms with Gasteiger partial charge >= 0.3 is 0 Å². The van der Waals surface area contributed by atoms with E-state index < -0.39 is 0 Å². The smallest absolute Gasteiger partial charge is 0.0587 e. The highest BCUT2D eigenvalue weighted by Gasteiger charge is 2.06. The zero-order chi connectivity index (χ0) is 14.4. The summed E-state index contributed by atoms with van der Waals surface area (Å²) in [6.07, 6.45) is 6.85. The Morgan fingerprint density at radius 1 is 1.30 bits per heavy atom. The number of hydrogen-bond donors (Lipinski definition) is 1. The largest absolute Gasteiger partial charge is 0.383 e. The van der Waals surface area contributed by atoms with E-state index in [2.05, 4.69) is 27.1 Å². The second kappa shape index (κ2) is 7.21. The quantitative estimate of drug-likeness (QED) is 0.729. The number of ether oxygens (including phenoxy) is 1. The predicted octanol–water partition coefficient (Wildman–Crippen LogP) is 0.904. The van der Waals surface area contributed by atoms with Gasteiger partial charge in [0.2, 0.25) is 0 Å². The van der Waals surface area contributed by atoms with Gasteiger partial charge in [-0.25, -0.2) is 0 Å². The van der Waals surface area contributed by atoms with Gasteiger partial charge in [0.05, 0.1) is 19.0 Å². The Morgan fingerprint density at radius 2 is 2.15 bits per heavy atom. The molecule has 1 N–H and O–H groups in total. The van der Waals surface area contributed by atoms with Gasteiger partial charge in [0.1, 0.15) is 0 Å². The van der Waals surface area contributed by atoms with Crippen LogP contribution in [0.25, 0.3) is 0 Å². The molecule has 6 heteroatoms. The van der Waals surface area contributed by atoms with Gasteiger partial charge in [0.25, 0.3) is 0 Å². The number of nitrogens with one attached hydrogen (secondary N) is 1. The van der Waals surface area contributed by atoms with Crippen LogP contribution in [-0.4, -0.2) is 39.8 Å². The SMILES string of the molecule is COCCNCc1cnn(CCc2cnn(C)c2)c1C. The van der Waals surface area contributed by atoms with E-state index in [1.807, 2.05) is 30.3 Å². The Morgan fingerprint density at radius 3 is 2.85 bits per heavy atom. The minimum absolute atomic E-state index is 0.730. The molecule has 0 unspecified atom stereocenters. The molecule has 0 aliphatic heterocycles. The van der Waals surface area contributed by atoms with Crippen LogP contribution in [0.3, 0.4) is 0 Å². The lowest BCUT2D eigenvalue weighted by Gasteiger charge is -2.06. The van der Waals surface area contributed by atoms with Crippen LogP contribution in [0.15, 0.2) is 18.6 Å². The average molecular weight is 277 g/mol. The normalized spacial score (nSPS) is 11.2. The molecule has 0 aliphatic rings. The summed E-state index contributed by atoms with van der Waals surface area (Å²) in [7, 11) is 3.65. The number of aromatic nitrogens is 4. The third-order valence-electron chi connectivity index (χ3n) is 3.37. The number of aryl methyl sites for hydroxylation is 3. The van der Waals surface area contributed by atoms with Gasteiger partial charge in [-0.15, -0.1) is 0 Å². The first-order valence-corrected chi connectivity index (χ1v) is 6.89. The maximum Gasteiger partial charge on any atom is 0.0587 e. The van der Waals surface area contributed by atoms with E-state index in [0.29, 0.717) is 0 Å². The van der Waals surface area contributed by atoms with Gasteiger partial charge in [0.15, 0.2) is 0 Å². The number of nitrogens with zero attached hydrogens (tertiary/aromatic N) is 4. The molecule has 20 heavy (non-hydrogen) atoms. The summed E-state index contributed by atoms with van der Waals surface area (Å²) in [4.78, 5) is 0. The van der Waals surface area contributed by atoms with Crippen LogP contribution in [0.5, 0.6) is 0 Å². The highest BCUT2D eigenvalue weighted by Crippen LogP contribution is 2.08. The predicted molar refractivity (Wildman–Crippen MR) is 77.5 cm³/mol. The molecule has 0 spiro atoms. The van der Waals surface area contributed by atoms with E-state index in [9.17, 15) is 0 Å². The second-order valence-electron chi connectivity index (χ2n) is 4.92. The minimum Gasteiger partial charge on any atom is -0.383 e. The first-order valence-electron chi connectivity index (χ1n) is 6.89. The lowest BCUT2D eigenvalue weighted by molar-refractivity contribution is 0.199. The second-order valence-corrected chi connectivity index (χ2v) is 4.92. The molecule has 0 radical (unpaired) electrons. The highest BCUT2D eigenvalue weighted by atomic mass is 16.5. The summed E-state index contributed by atoms with van der Waals surface area (Å²) < 4.78 is 8.90. The summed E-state index contributed by atoms with van der Waals surface area (Å²) in [5.41, 5.74) is 3.70. The fraction of sp³-hybridized carbons (Fsp3) is 0.571. The Balaban J connectivity index is 1.85. The van der Waals surface area contributed by atoms with E-state index in [1.165, 1.54) is 16.8 Å². The summed E-state index contributed by atoms with van der Waals surface area (Å²) in [5.74, 6) is 0. The van der Waals surface area contributed by atoms with E-state index in [-0.39, 0.29) is 0 Å². The Bertz CT molecular complexity index is 531. The topological polar surface area (TPSA) is 56.9 Å². The fourth-order valence-corrected chi connectivity index (χ4v) is 2.12. The Hall–Kier alpha value is -1.66. The van der Waals surface area contributed by atoms with Gasteiger partial charge < -0.3 is 10.1 Å². The van der Waals surface area contributed by atoms with Gasteiger partial charge in [-0.3, -0.25) is 9.36 Å². The molecule has 0 fully saturated rings. The molecule has 0 saturated carbocycles. The molecule has 2 rings (SSSR count). The molecule has 2 aromatic heterocycles. The van der Waals surface area contributed by atoms with E-state index in [0.717, 1.165) is 32.7 Å².